The highest BCUT2D eigenvalue weighted by Gasteiger charge is 2.41. The van der Waals surface area contributed by atoms with Gasteiger partial charge in [-0.05, 0) is 39.8 Å². The van der Waals surface area contributed by atoms with Crippen molar-refractivity contribution in [3.8, 4) is 12.3 Å². The molecule has 0 unspecified atom stereocenters. The second-order valence-electron chi connectivity index (χ2n) is 4.60. The lowest BCUT2D eigenvalue weighted by atomic mass is 9.76. The summed E-state index contributed by atoms with van der Waals surface area (Å²) in [6.45, 7) is 5.95. The molecule has 84 valence electrons. The Hall–Kier alpha value is -1.01. The summed E-state index contributed by atoms with van der Waals surface area (Å²) in [5.41, 5.74) is -0.667. The van der Waals surface area contributed by atoms with Gasteiger partial charge in [-0.3, -0.25) is 4.79 Å². The van der Waals surface area contributed by atoms with Crippen LogP contribution in [0.3, 0.4) is 0 Å². The van der Waals surface area contributed by atoms with E-state index in [1.165, 1.54) is 0 Å². The number of carbonyl (C=O) groups is 1. The highest BCUT2D eigenvalue weighted by Crippen LogP contribution is 2.35. The molecule has 0 aromatic carbocycles. The predicted octanol–water partition coefficient (Wildman–Crippen LogP) is 1.58. The Bertz CT molecular complexity index is 270. The van der Waals surface area contributed by atoms with Crippen molar-refractivity contribution < 1.29 is 9.90 Å². The zero-order valence-corrected chi connectivity index (χ0v) is 9.49. The Morgan fingerprint density at radius 3 is 2.40 bits per heavy atom. The average Bonchev–Trinajstić information content (AvgIpc) is 2.18. The van der Waals surface area contributed by atoms with E-state index in [1.807, 2.05) is 0 Å². The molecule has 1 rings (SSSR count). The first-order chi connectivity index (χ1) is 7.02. The quantitative estimate of drug-likeness (QED) is 0.717. The van der Waals surface area contributed by atoms with Crippen LogP contribution >= 0.6 is 0 Å². The smallest absolute Gasteiger partial charge is 0.310 e. The SMILES string of the molecule is C#CCC1(C(=O)O)CCN(C(C)C)CC1. The van der Waals surface area contributed by atoms with Crippen LogP contribution in [-0.2, 0) is 4.79 Å². The molecule has 1 saturated heterocycles. The normalized spacial score (nSPS) is 21.2. The fourth-order valence-corrected chi connectivity index (χ4v) is 2.13. The van der Waals surface area contributed by atoms with Crippen LogP contribution in [0.1, 0.15) is 33.1 Å². The molecule has 0 aliphatic carbocycles. The third kappa shape index (κ3) is 2.51. The topological polar surface area (TPSA) is 40.5 Å². The number of rotatable bonds is 3. The molecular formula is C12H19NO2. The van der Waals surface area contributed by atoms with Crippen LogP contribution in [-0.4, -0.2) is 35.1 Å². The van der Waals surface area contributed by atoms with Crippen LogP contribution in [0.15, 0.2) is 0 Å². The van der Waals surface area contributed by atoms with E-state index in [4.69, 9.17) is 6.42 Å². The van der Waals surface area contributed by atoms with E-state index >= 15 is 0 Å². The number of likely N-dealkylation sites (tertiary alicyclic amines) is 1. The van der Waals surface area contributed by atoms with Gasteiger partial charge in [-0.15, -0.1) is 12.3 Å². The van der Waals surface area contributed by atoms with E-state index in [2.05, 4.69) is 24.7 Å². The maximum atomic E-state index is 11.2. The van der Waals surface area contributed by atoms with Crippen molar-refractivity contribution in [1.29, 1.82) is 0 Å². The minimum Gasteiger partial charge on any atom is -0.481 e. The van der Waals surface area contributed by atoms with Crippen LogP contribution in [0.2, 0.25) is 0 Å². The summed E-state index contributed by atoms with van der Waals surface area (Å²) >= 11 is 0. The van der Waals surface area contributed by atoms with Crippen molar-refractivity contribution in [2.24, 2.45) is 5.41 Å². The lowest BCUT2D eigenvalue weighted by molar-refractivity contribution is -0.152. The molecule has 1 aliphatic rings. The molecule has 15 heavy (non-hydrogen) atoms. The Labute approximate surface area is 91.5 Å². The highest BCUT2D eigenvalue weighted by molar-refractivity contribution is 5.75. The number of piperidine rings is 1. The molecule has 3 heteroatoms. The minimum absolute atomic E-state index is 0.355. The first-order valence-corrected chi connectivity index (χ1v) is 5.43. The summed E-state index contributed by atoms with van der Waals surface area (Å²) < 4.78 is 0. The number of carboxylic acids is 1. The number of terminal acetylenes is 1. The molecule has 1 aliphatic heterocycles. The molecule has 3 nitrogen and oxygen atoms in total. The molecular weight excluding hydrogens is 190 g/mol. The molecule has 0 radical (unpaired) electrons. The third-order valence-electron chi connectivity index (χ3n) is 3.38. The Morgan fingerprint density at radius 1 is 1.53 bits per heavy atom. The number of aliphatic carboxylic acids is 1. The van der Waals surface area contributed by atoms with Crippen molar-refractivity contribution >= 4 is 5.97 Å². The van der Waals surface area contributed by atoms with Crippen molar-refractivity contribution in [3.05, 3.63) is 0 Å². The Morgan fingerprint density at radius 2 is 2.07 bits per heavy atom. The second kappa shape index (κ2) is 4.67. The molecule has 0 aromatic heterocycles. The van der Waals surface area contributed by atoms with Crippen LogP contribution in [0, 0.1) is 17.8 Å². The second-order valence-corrected chi connectivity index (χ2v) is 4.60. The van der Waals surface area contributed by atoms with Gasteiger partial charge in [-0.1, -0.05) is 0 Å². The van der Waals surface area contributed by atoms with Gasteiger partial charge in [0.2, 0.25) is 0 Å². The molecule has 1 N–H and O–H groups in total. The van der Waals surface area contributed by atoms with Gasteiger partial charge >= 0.3 is 5.97 Å². The van der Waals surface area contributed by atoms with Gasteiger partial charge in [0.25, 0.3) is 0 Å². The third-order valence-corrected chi connectivity index (χ3v) is 3.38. The minimum atomic E-state index is -0.733. The number of hydrogen-bond donors (Lipinski definition) is 1. The van der Waals surface area contributed by atoms with Crippen LogP contribution < -0.4 is 0 Å². The fourth-order valence-electron chi connectivity index (χ4n) is 2.13. The lowest BCUT2D eigenvalue weighted by Crippen LogP contribution is -2.46. The average molecular weight is 209 g/mol. The van der Waals surface area contributed by atoms with E-state index < -0.39 is 11.4 Å². The maximum Gasteiger partial charge on any atom is 0.310 e. The van der Waals surface area contributed by atoms with Gasteiger partial charge in [0, 0.05) is 12.5 Å². The van der Waals surface area contributed by atoms with Crippen LogP contribution in [0.5, 0.6) is 0 Å². The number of carboxylic acid groups (broad SMARTS) is 1. The van der Waals surface area contributed by atoms with Gasteiger partial charge in [-0.2, -0.15) is 0 Å². The van der Waals surface area contributed by atoms with E-state index in [-0.39, 0.29) is 0 Å². The Balaban J connectivity index is 2.66. The van der Waals surface area contributed by atoms with Crippen molar-refractivity contribution in [3.63, 3.8) is 0 Å². The number of hydrogen-bond acceptors (Lipinski definition) is 2. The van der Waals surface area contributed by atoms with Crippen molar-refractivity contribution in [2.75, 3.05) is 13.1 Å². The fraction of sp³-hybridized carbons (Fsp3) is 0.750. The highest BCUT2D eigenvalue weighted by atomic mass is 16.4. The summed E-state index contributed by atoms with van der Waals surface area (Å²) in [6, 6.07) is 0.489. The van der Waals surface area contributed by atoms with Gasteiger partial charge in [0.15, 0.2) is 0 Å². The van der Waals surface area contributed by atoms with Gasteiger partial charge in [0.1, 0.15) is 0 Å². The molecule has 0 spiro atoms. The van der Waals surface area contributed by atoms with E-state index in [0.717, 1.165) is 13.1 Å². The zero-order valence-electron chi connectivity index (χ0n) is 9.49. The zero-order chi connectivity index (χ0) is 11.5. The summed E-state index contributed by atoms with van der Waals surface area (Å²) in [7, 11) is 0. The van der Waals surface area contributed by atoms with E-state index in [9.17, 15) is 9.90 Å². The molecule has 1 fully saturated rings. The Kier molecular flexibility index (Phi) is 3.76. The lowest BCUT2D eigenvalue weighted by Gasteiger charge is -2.39. The van der Waals surface area contributed by atoms with Gasteiger partial charge in [-0.25, -0.2) is 0 Å². The largest absolute Gasteiger partial charge is 0.481 e. The monoisotopic (exact) mass is 209 g/mol. The van der Waals surface area contributed by atoms with Gasteiger partial charge < -0.3 is 10.0 Å². The predicted molar refractivity (Wildman–Crippen MR) is 59.5 cm³/mol. The molecule has 0 aromatic rings. The van der Waals surface area contributed by atoms with Crippen LogP contribution in [0.4, 0.5) is 0 Å². The molecule has 1 heterocycles. The van der Waals surface area contributed by atoms with Crippen molar-refractivity contribution in [1.82, 2.24) is 4.90 Å². The first-order valence-electron chi connectivity index (χ1n) is 5.43. The molecule has 0 saturated carbocycles. The first kappa shape index (κ1) is 12.1. The van der Waals surface area contributed by atoms with Crippen molar-refractivity contribution in [2.45, 2.75) is 39.2 Å². The van der Waals surface area contributed by atoms with Crippen LogP contribution in [0.25, 0.3) is 0 Å². The van der Waals surface area contributed by atoms with E-state index in [0.29, 0.717) is 25.3 Å². The van der Waals surface area contributed by atoms with E-state index in [1.54, 1.807) is 0 Å². The molecule has 0 atom stereocenters. The van der Waals surface area contributed by atoms with Gasteiger partial charge in [0.05, 0.1) is 5.41 Å². The summed E-state index contributed by atoms with van der Waals surface area (Å²) in [4.78, 5) is 13.5. The summed E-state index contributed by atoms with van der Waals surface area (Å²) in [5, 5.41) is 9.23. The summed E-state index contributed by atoms with van der Waals surface area (Å²) in [6.07, 6.45) is 6.95. The maximum absolute atomic E-state index is 11.2. The standard InChI is InChI=1S/C12H19NO2/c1-4-5-12(11(14)15)6-8-13(9-7-12)10(2)3/h1,10H,5-9H2,2-3H3,(H,14,15). The molecule has 0 amide bonds. The number of nitrogens with zero attached hydrogens (tertiary/aromatic N) is 1. The summed E-state index contributed by atoms with van der Waals surface area (Å²) in [5.74, 6) is 1.77. The molecule has 0 bridgehead atoms.